The van der Waals surface area contributed by atoms with Crippen LogP contribution in [-0.2, 0) is 29.1 Å². The van der Waals surface area contributed by atoms with Crippen LogP contribution in [0.4, 0.5) is 5.69 Å². The van der Waals surface area contributed by atoms with Crippen molar-refractivity contribution in [1.82, 2.24) is 4.31 Å². The fourth-order valence-corrected chi connectivity index (χ4v) is 5.65. The van der Waals surface area contributed by atoms with E-state index in [0.717, 1.165) is 10.8 Å². The lowest BCUT2D eigenvalue weighted by Gasteiger charge is -2.26. The van der Waals surface area contributed by atoms with E-state index in [-0.39, 0.29) is 4.90 Å². The predicted octanol–water partition coefficient (Wildman–Crippen LogP) is 3.81. The van der Waals surface area contributed by atoms with Gasteiger partial charge in [0.1, 0.15) is 16.9 Å². The summed E-state index contributed by atoms with van der Waals surface area (Å²) in [5, 5.41) is 4.46. The van der Waals surface area contributed by atoms with Gasteiger partial charge in [0.15, 0.2) is 6.61 Å². The summed E-state index contributed by atoms with van der Waals surface area (Å²) >= 11 is 0. The van der Waals surface area contributed by atoms with Crippen molar-refractivity contribution in [2.45, 2.75) is 4.90 Å². The minimum Gasteiger partial charge on any atom is -0.495 e. The van der Waals surface area contributed by atoms with Crippen molar-refractivity contribution >= 4 is 55.6 Å². The maximum absolute atomic E-state index is 12.7. The Balaban J connectivity index is 1.17. The maximum atomic E-state index is 12.7. The molecule has 11 heteroatoms. The molecule has 4 aromatic rings. The molecule has 0 bridgehead atoms. The highest BCUT2D eigenvalue weighted by Crippen LogP contribution is 2.36. The van der Waals surface area contributed by atoms with Crippen LogP contribution >= 0.6 is 0 Å². The molecule has 1 saturated heterocycles. The van der Waals surface area contributed by atoms with Gasteiger partial charge in [-0.2, -0.15) is 4.31 Å². The number of methoxy groups -OCH3 is 1. The van der Waals surface area contributed by atoms with Gasteiger partial charge in [-0.1, -0.05) is 30.3 Å². The molecule has 5 rings (SSSR count). The fourth-order valence-electron chi connectivity index (χ4n) is 4.24. The van der Waals surface area contributed by atoms with Crippen molar-refractivity contribution in [3.05, 3.63) is 72.3 Å². The SMILES string of the molecule is COc1cc2c(cc1NC(=O)COC(=O)C=Cc1ccc(S(=O)(=O)N3CCOCC3)cc1)oc1ccccc12. The third kappa shape index (κ3) is 5.80. The Labute approximate surface area is 224 Å². The van der Waals surface area contributed by atoms with E-state index in [1.807, 2.05) is 24.3 Å². The monoisotopic (exact) mass is 550 g/mol. The van der Waals surface area contributed by atoms with Gasteiger partial charge in [-0.3, -0.25) is 4.79 Å². The number of carbonyl (C=O) groups excluding carboxylic acids is 2. The summed E-state index contributed by atoms with van der Waals surface area (Å²) < 4.78 is 48.4. The summed E-state index contributed by atoms with van der Waals surface area (Å²) in [6.45, 7) is 0.838. The molecule has 1 N–H and O–H groups in total. The lowest BCUT2D eigenvalue weighted by molar-refractivity contribution is -0.142. The second-order valence-electron chi connectivity index (χ2n) is 8.72. The van der Waals surface area contributed by atoms with Gasteiger partial charge in [-0.25, -0.2) is 13.2 Å². The van der Waals surface area contributed by atoms with Gasteiger partial charge < -0.3 is 23.9 Å². The zero-order valence-electron chi connectivity index (χ0n) is 21.1. The first-order chi connectivity index (χ1) is 18.8. The van der Waals surface area contributed by atoms with E-state index in [9.17, 15) is 18.0 Å². The Morgan fingerprint density at radius 2 is 1.74 bits per heavy atom. The van der Waals surface area contributed by atoms with Gasteiger partial charge in [-0.15, -0.1) is 0 Å². The van der Waals surface area contributed by atoms with Crippen LogP contribution in [0.5, 0.6) is 5.75 Å². The molecular formula is C28H26N2O8S. The number of rotatable bonds is 8. The molecule has 0 spiro atoms. The molecule has 3 aromatic carbocycles. The molecule has 1 aliphatic heterocycles. The Morgan fingerprint density at radius 3 is 2.49 bits per heavy atom. The number of anilines is 1. The Hall–Kier alpha value is -4.19. The van der Waals surface area contributed by atoms with Crippen molar-refractivity contribution in [2.75, 3.05) is 45.3 Å². The molecule has 39 heavy (non-hydrogen) atoms. The Kier molecular flexibility index (Phi) is 7.64. The van der Waals surface area contributed by atoms with Crippen molar-refractivity contribution in [3.8, 4) is 5.75 Å². The van der Waals surface area contributed by atoms with Crippen LogP contribution in [0.2, 0.25) is 0 Å². The number of morpholine rings is 1. The number of fused-ring (bicyclic) bond motifs is 3. The van der Waals surface area contributed by atoms with Gasteiger partial charge in [0.2, 0.25) is 10.0 Å². The van der Waals surface area contributed by atoms with Crippen LogP contribution in [0.25, 0.3) is 28.0 Å². The molecular weight excluding hydrogens is 524 g/mol. The average Bonchev–Trinajstić information content (AvgIpc) is 3.32. The largest absolute Gasteiger partial charge is 0.495 e. The first kappa shape index (κ1) is 26.4. The van der Waals surface area contributed by atoms with Gasteiger partial charge in [-0.05, 0) is 35.9 Å². The van der Waals surface area contributed by atoms with Crippen molar-refractivity contribution in [3.63, 3.8) is 0 Å². The fraction of sp³-hybridized carbons (Fsp3) is 0.214. The van der Waals surface area contributed by atoms with Gasteiger partial charge >= 0.3 is 5.97 Å². The highest BCUT2D eigenvalue weighted by atomic mass is 32.2. The molecule has 1 aliphatic rings. The summed E-state index contributed by atoms with van der Waals surface area (Å²) in [7, 11) is -2.11. The number of carbonyl (C=O) groups is 2. The number of hydrogen-bond donors (Lipinski definition) is 1. The van der Waals surface area contributed by atoms with E-state index in [2.05, 4.69) is 5.32 Å². The molecule has 0 aliphatic carbocycles. The van der Waals surface area contributed by atoms with Crippen LogP contribution in [0, 0.1) is 0 Å². The second-order valence-corrected chi connectivity index (χ2v) is 10.7. The van der Waals surface area contributed by atoms with E-state index in [0.29, 0.717) is 54.5 Å². The van der Waals surface area contributed by atoms with Crippen LogP contribution < -0.4 is 10.1 Å². The third-order valence-corrected chi connectivity index (χ3v) is 8.13. The summed E-state index contributed by atoms with van der Waals surface area (Å²) in [4.78, 5) is 24.8. The molecule has 1 fully saturated rings. The van der Waals surface area contributed by atoms with E-state index in [1.54, 1.807) is 24.3 Å². The quantitative estimate of drug-likeness (QED) is 0.259. The van der Waals surface area contributed by atoms with Crippen LogP contribution in [0.3, 0.4) is 0 Å². The van der Waals surface area contributed by atoms with Gasteiger partial charge in [0.25, 0.3) is 5.91 Å². The smallest absolute Gasteiger partial charge is 0.331 e. The molecule has 202 valence electrons. The number of nitrogens with one attached hydrogen (secondary N) is 1. The Bertz CT molecular complexity index is 1650. The molecule has 2 heterocycles. The number of hydrogen-bond acceptors (Lipinski definition) is 8. The summed E-state index contributed by atoms with van der Waals surface area (Å²) in [5.74, 6) is -0.842. The number of benzene rings is 3. The molecule has 0 radical (unpaired) electrons. The van der Waals surface area contributed by atoms with E-state index in [1.165, 1.54) is 35.7 Å². The third-order valence-electron chi connectivity index (χ3n) is 6.22. The van der Waals surface area contributed by atoms with Crippen LogP contribution in [0.1, 0.15) is 5.56 Å². The van der Waals surface area contributed by atoms with E-state index < -0.39 is 28.5 Å². The lowest BCUT2D eigenvalue weighted by atomic mass is 10.1. The zero-order valence-corrected chi connectivity index (χ0v) is 21.9. The lowest BCUT2D eigenvalue weighted by Crippen LogP contribution is -2.40. The van der Waals surface area contributed by atoms with Crippen molar-refractivity contribution in [2.24, 2.45) is 0 Å². The molecule has 10 nitrogen and oxygen atoms in total. The number of esters is 1. The highest BCUT2D eigenvalue weighted by Gasteiger charge is 2.26. The predicted molar refractivity (Wildman–Crippen MR) is 145 cm³/mol. The number of sulfonamides is 1. The maximum Gasteiger partial charge on any atom is 0.331 e. The number of furan rings is 1. The first-order valence-corrected chi connectivity index (χ1v) is 13.6. The minimum atomic E-state index is -3.60. The number of para-hydroxylation sites is 1. The molecule has 1 amide bonds. The van der Waals surface area contributed by atoms with Crippen LogP contribution in [0.15, 0.2) is 76.1 Å². The van der Waals surface area contributed by atoms with Crippen molar-refractivity contribution in [1.29, 1.82) is 0 Å². The molecule has 0 unspecified atom stereocenters. The number of ether oxygens (including phenoxy) is 3. The van der Waals surface area contributed by atoms with Gasteiger partial charge in [0.05, 0.1) is 30.9 Å². The molecule has 0 atom stereocenters. The Morgan fingerprint density at radius 1 is 1.00 bits per heavy atom. The summed E-state index contributed by atoms with van der Waals surface area (Å²) in [6, 6.07) is 17.2. The number of nitrogens with zero attached hydrogens (tertiary/aromatic N) is 1. The molecule has 0 saturated carbocycles. The average molecular weight is 551 g/mol. The number of amides is 1. The van der Waals surface area contributed by atoms with E-state index in [4.69, 9.17) is 18.6 Å². The summed E-state index contributed by atoms with van der Waals surface area (Å²) in [5.41, 5.74) is 2.28. The normalized spacial score (nSPS) is 14.6. The topological polar surface area (TPSA) is 124 Å². The molecule has 1 aromatic heterocycles. The standard InChI is InChI=1S/C28H26N2O8S/c1-35-26-16-22-21-4-2-3-5-24(21)38-25(22)17-23(26)29-27(31)18-37-28(32)11-8-19-6-9-20(10-7-19)39(33,34)30-12-14-36-15-13-30/h2-11,16-17H,12-15,18H2,1H3,(H,29,31). The first-order valence-electron chi connectivity index (χ1n) is 12.2. The second kappa shape index (κ2) is 11.3. The van der Waals surface area contributed by atoms with E-state index >= 15 is 0 Å². The highest BCUT2D eigenvalue weighted by molar-refractivity contribution is 7.89. The zero-order chi connectivity index (χ0) is 27.4. The van der Waals surface area contributed by atoms with Crippen LogP contribution in [-0.4, -0.2) is 64.6 Å². The van der Waals surface area contributed by atoms with Crippen molar-refractivity contribution < 1.29 is 36.6 Å². The minimum absolute atomic E-state index is 0.164. The summed E-state index contributed by atoms with van der Waals surface area (Å²) in [6.07, 6.45) is 2.64. The van der Waals surface area contributed by atoms with Gasteiger partial charge in [0, 0.05) is 36.0 Å².